The molecular weight excluding hydrogens is 182 g/mol. The fourth-order valence-electron chi connectivity index (χ4n) is 1.75. The third-order valence-electron chi connectivity index (χ3n) is 2.75. The molecule has 0 saturated heterocycles. The van der Waals surface area contributed by atoms with E-state index in [2.05, 4.69) is 4.74 Å². The highest BCUT2D eigenvalue weighted by Gasteiger charge is 2.30. The Morgan fingerprint density at radius 1 is 1.50 bits per heavy atom. The van der Waals surface area contributed by atoms with Crippen LogP contribution in [-0.4, -0.2) is 31.3 Å². The number of nitrogens with two attached hydrogens (primary N) is 1. The number of hydrogen-bond donors (Lipinski definition) is 1. The van der Waals surface area contributed by atoms with Gasteiger partial charge in [0.2, 0.25) is 0 Å². The van der Waals surface area contributed by atoms with Crippen molar-refractivity contribution < 1.29 is 14.3 Å². The van der Waals surface area contributed by atoms with Crippen LogP contribution in [0.1, 0.15) is 32.6 Å². The molecule has 1 atom stereocenters. The van der Waals surface area contributed by atoms with E-state index in [-0.39, 0.29) is 11.5 Å². The fourth-order valence-corrected chi connectivity index (χ4v) is 1.75. The quantitative estimate of drug-likeness (QED) is 0.684. The van der Waals surface area contributed by atoms with E-state index in [9.17, 15) is 4.79 Å². The normalized spacial score (nSPS) is 21.9. The van der Waals surface area contributed by atoms with Crippen LogP contribution in [0.4, 0.5) is 0 Å². The van der Waals surface area contributed by atoms with Gasteiger partial charge in [0.25, 0.3) is 0 Å². The number of rotatable bonds is 4. The summed E-state index contributed by atoms with van der Waals surface area (Å²) < 4.78 is 9.94. The summed E-state index contributed by atoms with van der Waals surface area (Å²) in [6.45, 7) is 2.13. The second-order valence-electron chi connectivity index (χ2n) is 4.05. The lowest BCUT2D eigenvalue weighted by atomic mass is 10.0. The van der Waals surface area contributed by atoms with E-state index in [4.69, 9.17) is 10.5 Å². The monoisotopic (exact) mass is 201 g/mol. The molecule has 4 heteroatoms. The Bertz CT molecular complexity index is 200. The molecule has 14 heavy (non-hydrogen) atoms. The van der Waals surface area contributed by atoms with Crippen LogP contribution in [0.2, 0.25) is 0 Å². The summed E-state index contributed by atoms with van der Waals surface area (Å²) in [7, 11) is 1.36. The Labute approximate surface area is 84.7 Å². The van der Waals surface area contributed by atoms with Crippen molar-refractivity contribution in [3.05, 3.63) is 0 Å². The van der Waals surface area contributed by atoms with Crippen LogP contribution in [0.5, 0.6) is 0 Å². The van der Waals surface area contributed by atoms with E-state index in [0.717, 1.165) is 25.7 Å². The molecule has 1 saturated carbocycles. The van der Waals surface area contributed by atoms with Gasteiger partial charge in [-0.05, 0) is 19.8 Å². The summed E-state index contributed by atoms with van der Waals surface area (Å²) in [4.78, 5) is 11.0. The first-order chi connectivity index (χ1) is 6.57. The average molecular weight is 201 g/mol. The van der Waals surface area contributed by atoms with E-state index in [1.165, 1.54) is 7.11 Å². The molecule has 2 N–H and O–H groups in total. The fraction of sp³-hybridized carbons (Fsp3) is 0.900. The van der Waals surface area contributed by atoms with Crippen molar-refractivity contribution in [3.8, 4) is 0 Å². The van der Waals surface area contributed by atoms with Crippen LogP contribution in [0.25, 0.3) is 0 Å². The number of hydrogen-bond acceptors (Lipinski definition) is 4. The molecule has 0 aromatic carbocycles. The minimum atomic E-state index is -0.513. The van der Waals surface area contributed by atoms with Crippen molar-refractivity contribution >= 4 is 5.97 Å². The maximum absolute atomic E-state index is 11.0. The van der Waals surface area contributed by atoms with Gasteiger partial charge in [-0.15, -0.1) is 0 Å². The van der Waals surface area contributed by atoms with E-state index in [0.29, 0.717) is 6.61 Å². The van der Waals surface area contributed by atoms with Gasteiger partial charge in [-0.25, -0.2) is 4.79 Å². The highest BCUT2D eigenvalue weighted by Crippen LogP contribution is 2.27. The van der Waals surface area contributed by atoms with Crippen LogP contribution in [0.15, 0.2) is 0 Å². The molecule has 0 aromatic heterocycles. The molecule has 0 amide bonds. The molecule has 1 aliphatic rings. The summed E-state index contributed by atoms with van der Waals surface area (Å²) in [6, 6.07) is 0. The minimum absolute atomic E-state index is 0.220. The van der Waals surface area contributed by atoms with Crippen LogP contribution in [0.3, 0.4) is 0 Å². The van der Waals surface area contributed by atoms with Crippen molar-refractivity contribution in [2.75, 3.05) is 13.7 Å². The lowest BCUT2D eigenvalue weighted by molar-refractivity contribution is -0.153. The third kappa shape index (κ3) is 2.96. The highest BCUT2D eigenvalue weighted by atomic mass is 16.6. The van der Waals surface area contributed by atoms with E-state index in [1.807, 2.05) is 0 Å². The Hall–Kier alpha value is -0.610. The van der Waals surface area contributed by atoms with Gasteiger partial charge >= 0.3 is 5.97 Å². The molecule has 1 fully saturated rings. The molecule has 0 bridgehead atoms. The number of carbonyl (C=O) groups excluding carboxylic acids is 1. The zero-order valence-corrected chi connectivity index (χ0v) is 8.91. The lowest BCUT2D eigenvalue weighted by Gasteiger charge is -2.24. The van der Waals surface area contributed by atoms with Crippen molar-refractivity contribution in [1.29, 1.82) is 0 Å². The van der Waals surface area contributed by atoms with Crippen LogP contribution in [-0.2, 0) is 14.3 Å². The Morgan fingerprint density at radius 3 is 2.57 bits per heavy atom. The largest absolute Gasteiger partial charge is 0.467 e. The molecule has 0 aromatic rings. The van der Waals surface area contributed by atoms with Crippen LogP contribution < -0.4 is 5.73 Å². The summed E-state index contributed by atoms with van der Waals surface area (Å²) in [6.07, 6.45) is 3.78. The number of carbonyl (C=O) groups is 1. The lowest BCUT2D eigenvalue weighted by Crippen LogP contribution is -2.43. The van der Waals surface area contributed by atoms with Gasteiger partial charge < -0.3 is 15.2 Å². The second kappa shape index (κ2) is 4.75. The molecule has 0 aliphatic heterocycles. The van der Waals surface area contributed by atoms with Crippen molar-refractivity contribution in [3.63, 3.8) is 0 Å². The SMILES string of the molecule is COC(=O)C(C)OCC1(N)CCCC1. The minimum Gasteiger partial charge on any atom is -0.467 e. The molecule has 0 heterocycles. The molecule has 0 spiro atoms. The van der Waals surface area contributed by atoms with Crippen molar-refractivity contribution in [2.45, 2.75) is 44.2 Å². The molecule has 4 nitrogen and oxygen atoms in total. The van der Waals surface area contributed by atoms with E-state index >= 15 is 0 Å². The molecule has 1 aliphatic carbocycles. The summed E-state index contributed by atoms with van der Waals surface area (Å²) in [5, 5.41) is 0. The van der Waals surface area contributed by atoms with E-state index in [1.54, 1.807) is 6.92 Å². The summed E-state index contributed by atoms with van der Waals surface area (Å²) >= 11 is 0. The first-order valence-electron chi connectivity index (χ1n) is 5.06. The Morgan fingerprint density at radius 2 is 2.07 bits per heavy atom. The van der Waals surface area contributed by atoms with Crippen molar-refractivity contribution in [1.82, 2.24) is 0 Å². The van der Waals surface area contributed by atoms with Gasteiger partial charge in [-0.1, -0.05) is 12.8 Å². The van der Waals surface area contributed by atoms with Crippen molar-refractivity contribution in [2.24, 2.45) is 5.73 Å². The van der Waals surface area contributed by atoms with Gasteiger partial charge in [0.15, 0.2) is 6.10 Å². The smallest absolute Gasteiger partial charge is 0.334 e. The van der Waals surface area contributed by atoms with E-state index < -0.39 is 6.10 Å². The molecule has 1 unspecified atom stereocenters. The zero-order chi connectivity index (χ0) is 10.6. The van der Waals surface area contributed by atoms with Gasteiger partial charge in [0.05, 0.1) is 13.7 Å². The standard InChI is InChI=1S/C10H19NO3/c1-8(9(12)13-2)14-7-10(11)5-3-4-6-10/h8H,3-7,11H2,1-2H3. The van der Waals surface area contributed by atoms with Gasteiger partial charge in [-0.2, -0.15) is 0 Å². The highest BCUT2D eigenvalue weighted by molar-refractivity contribution is 5.73. The molecular formula is C10H19NO3. The maximum atomic E-state index is 11.0. The molecule has 82 valence electrons. The van der Waals surface area contributed by atoms with Crippen LogP contribution in [0, 0.1) is 0 Å². The maximum Gasteiger partial charge on any atom is 0.334 e. The topological polar surface area (TPSA) is 61.5 Å². The van der Waals surface area contributed by atoms with Gasteiger partial charge in [-0.3, -0.25) is 0 Å². The van der Waals surface area contributed by atoms with Gasteiger partial charge in [0, 0.05) is 5.54 Å². The number of methoxy groups -OCH3 is 1. The Kier molecular flexibility index (Phi) is 3.89. The summed E-state index contributed by atoms with van der Waals surface area (Å²) in [5.74, 6) is -0.341. The van der Waals surface area contributed by atoms with Crippen LogP contribution >= 0.6 is 0 Å². The molecule has 0 radical (unpaired) electrons. The number of ether oxygens (including phenoxy) is 2. The van der Waals surface area contributed by atoms with Gasteiger partial charge in [0.1, 0.15) is 0 Å². The predicted octanol–water partition coefficient (Wildman–Crippen LogP) is 0.836. The predicted molar refractivity (Wildman–Crippen MR) is 52.8 cm³/mol. The first-order valence-corrected chi connectivity index (χ1v) is 5.06. The Balaban J connectivity index is 2.28. The zero-order valence-electron chi connectivity index (χ0n) is 8.91. The summed E-state index contributed by atoms with van der Waals surface area (Å²) in [5.41, 5.74) is 5.85. The molecule has 1 rings (SSSR count). The first kappa shape index (κ1) is 11.5. The average Bonchev–Trinajstić information content (AvgIpc) is 2.61. The third-order valence-corrected chi connectivity index (χ3v) is 2.75. The second-order valence-corrected chi connectivity index (χ2v) is 4.05. The number of esters is 1.